The number of anilines is 9. The minimum absolute atomic E-state index is 0.866. The summed E-state index contributed by atoms with van der Waals surface area (Å²) in [6.45, 7) is 0. The third-order valence-corrected chi connectivity index (χ3v) is 29.4. The van der Waals surface area contributed by atoms with E-state index < -0.39 is 0 Å². The Bertz CT molecular complexity index is 9880. The van der Waals surface area contributed by atoms with Gasteiger partial charge in [0, 0.05) is 147 Å². The fraction of sp³-hybridized carbons (Fsp3) is 0. The Balaban J connectivity index is 0.000000104. The van der Waals surface area contributed by atoms with Crippen molar-refractivity contribution in [2.45, 2.75) is 0 Å². The van der Waals surface area contributed by atoms with Gasteiger partial charge in [-0.2, -0.15) is 0 Å². The number of furan rings is 5. The molecule has 0 spiro atoms. The van der Waals surface area contributed by atoms with E-state index in [1.165, 1.54) is 113 Å². The van der Waals surface area contributed by atoms with E-state index >= 15 is 0 Å². The lowest BCUT2D eigenvalue weighted by Crippen LogP contribution is -2.10. The number of fused-ring (bicyclic) bond motifs is 30. The third-order valence-electron chi connectivity index (χ3n) is 28.3. The van der Waals surface area contributed by atoms with Crippen LogP contribution in [0, 0.1) is 0 Å². The minimum atomic E-state index is 0.866. The molecule has 0 saturated carbocycles. The molecule has 6 aromatic heterocycles. The van der Waals surface area contributed by atoms with Crippen LogP contribution in [0.5, 0.6) is 0 Å². The van der Waals surface area contributed by atoms with Gasteiger partial charge in [-0.05, 0) is 223 Å². The summed E-state index contributed by atoms with van der Waals surface area (Å²) in [6, 6.07) is 175. The predicted molar refractivity (Wildman–Crippen MR) is 594 cm³/mol. The van der Waals surface area contributed by atoms with Crippen LogP contribution in [0.15, 0.2) is 513 Å². The molecule has 141 heavy (non-hydrogen) atoms. The normalized spacial score (nSPS) is 11.8. The molecule has 660 valence electrons. The maximum atomic E-state index is 6.40. The van der Waals surface area contributed by atoms with Crippen molar-refractivity contribution < 1.29 is 22.1 Å². The smallest absolute Gasteiger partial charge is 0.137 e. The molecular formula is C132H81N3O5S. The largest absolute Gasteiger partial charge is 0.456 e. The van der Waals surface area contributed by atoms with Gasteiger partial charge in [0.2, 0.25) is 0 Å². The summed E-state index contributed by atoms with van der Waals surface area (Å²) >= 11 is 1.85. The number of hydrogen-bond acceptors (Lipinski definition) is 9. The zero-order valence-corrected chi connectivity index (χ0v) is 76.9. The van der Waals surface area contributed by atoms with Crippen molar-refractivity contribution in [3.8, 4) is 33.4 Å². The van der Waals surface area contributed by atoms with Gasteiger partial charge in [0.25, 0.3) is 0 Å². The summed E-state index contributed by atoms with van der Waals surface area (Å²) in [5.74, 6) is 0. The first-order valence-electron chi connectivity index (χ1n) is 47.8. The molecule has 0 radical (unpaired) electrons. The van der Waals surface area contributed by atoms with Crippen molar-refractivity contribution >= 4 is 257 Å². The number of benzene rings is 24. The summed E-state index contributed by atoms with van der Waals surface area (Å²) in [5, 5.41) is 28.3. The fourth-order valence-corrected chi connectivity index (χ4v) is 23.0. The van der Waals surface area contributed by atoms with Crippen molar-refractivity contribution in [3.63, 3.8) is 0 Å². The quantitative estimate of drug-likeness (QED) is 0.112. The average Bonchev–Trinajstić information content (AvgIpc) is 1.67. The van der Waals surface area contributed by atoms with Crippen LogP contribution in [0.3, 0.4) is 0 Å². The highest BCUT2D eigenvalue weighted by Gasteiger charge is 2.27. The van der Waals surface area contributed by atoms with Gasteiger partial charge in [0.05, 0.1) is 17.1 Å². The molecule has 30 rings (SSSR count). The van der Waals surface area contributed by atoms with Crippen LogP contribution >= 0.6 is 11.3 Å². The van der Waals surface area contributed by atoms with E-state index in [1.54, 1.807) is 0 Å². The van der Waals surface area contributed by atoms with Gasteiger partial charge in [-0.1, -0.05) is 328 Å². The first-order valence-corrected chi connectivity index (χ1v) is 48.6. The maximum absolute atomic E-state index is 6.40. The Hall–Kier alpha value is -18.5. The number of para-hydroxylation sites is 5. The van der Waals surface area contributed by atoms with E-state index in [0.29, 0.717) is 0 Å². The molecular weight excluding hydrogens is 1740 g/mol. The van der Waals surface area contributed by atoms with Gasteiger partial charge in [-0.15, -0.1) is 11.3 Å². The average molecular weight is 1820 g/mol. The summed E-state index contributed by atoms with van der Waals surface area (Å²) in [7, 11) is 0. The molecule has 9 heteroatoms. The second-order valence-electron chi connectivity index (χ2n) is 36.3. The van der Waals surface area contributed by atoms with Crippen LogP contribution in [-0.2, 0) is 0 Å². The first-order chi connectivity index (χ1) is 69.9. The lowest BCUT2D eigenvalue weighted by molar-refractivity contribution is 0.668. The molecule has 0 N–H and O–H groups in total. The molecule has 0 aliphatic carbocycles. The van der Waals surface area contributed by atoms with Crippen LogP contribution in [0.2, 0.25) is 0 Å². The van der Waals surface area contributed by atoms with Crippen LogP contribution in [-0.4, -0.2) is 0 Å². The van der Waals surface area contributed by atoms with Crippen LogP contribution in [0.4, 0.5) is 51.2 Å². The molecule has 0 aliphatic rings. The van der Waals surface area contributed by atoms with E-state index in [1.807, 2.05) is 59.9 Å². The number of thiophene rings is 1. The van der Waals surface area contributed by atoms with Crippen molar-refractivity contribution in [3.05, 3.63) is 491 Å². The summed E-state index contributed by atoms with van der Waals surface area (Å²) in [6.07, 6.45) is 0. The highest BCUT2D eigenvalue weighted by atomic mass is 32.1. The van der Waals surface area contributed by atoms with E-state index in [-0.39, 0.29) is 0 Å². The monoisotopic (exact) mass is 1820 g/mol. The van der Waals surface area contributed by atoms with Crippen molar-refractivity contribution in [2.75, 3.05) is 14.7 Å². The Kier molecular flexibility index (Phi) is 19.0. The summed E-state index contributed by atoms with van der Waals surface area (Å²) in [5.41, 5.74) is 25.9. The number of hydrogen-bond donors (Lipinski definition) is 0. The number of nitrogens with zero attached hydrogens (tertiary/aromatic N) is 3. The zero-order valence-electron chi connectivity index (χ0n) is 76.1. The molecule has 30 aromatic rings. The molecule has 0 fully saturated rings. The molecule has 0 amide bonds. The van der Waals surface area contributed by atoms with Gasteiger partial charge in [-0.3, -0.25) is 0 Å². The molecule has 6 heterocycles. The lowest BCUT2D eigenvalue weighted by atomic mass is 9.96. The van der Waals surface area contributed by atoms with Gasteiger partial charge >= 0.3 is 0 Å². The van der Waals surface area contributed by atoms with Crippen LogP contribution < -0.4 is 14.7 Å². The van der Waals surface area contributed by atoms with E-state index in [2.05, 4.69) is 458 Å². The maximum Gasteiger partial charge on any atom is 0.137 e. The van der Waals surface area contributed by atoms with E-state index in [4.69, 9.17) is 22.1 Å². The van der Waals surface area contributed by atoms with Crippen molar-refractivity contribution in [1.29, 1.82) is 0 Å². The first kappa shape index (κ1) is 80.9. The number of rotatable bonds is 12. The predicted octanol–water partition coefficient (Wildman–Crippen LogP) is 39.3. The Morgan fingerprint density at radius 3 is 0.837 bits per heavy atom. The third kappa shape index (κ3) is 13.6. The zero-order chi connectivity index (χ0) is 92.7. The molecule has 24 aromatic carbocycles. The lowest BCUT2D eigenvalue weighted by Gasteiger charge is -2.28. The Morgan fingerprint density at radius 1 is 0.135 bits per heavy atom. The highest BCUT2D eigenvalue weighted by molar-refractivity contribution is 7.25. The summed E-state index contributed by atoms with van der Waals surface area (Å²) in [4.78, 5) is 7.18. The van der Waals surface area contributed by atoms with Gasteiger partial charge < -0.3 is 36.8 Å². The van der Waals surface area contributed by atoms with Crippen LogP contribution in [0.1, 0.15) is 0 Å². The molecule has 0 saturated heterocycles. The second kappa shape index (κ2) is 33.2. The topological polar surface area (TPSA) is 75.4 Å². The standard InChI is InChI=1S/2C44H27NO2.C44H27NOS/c1-2-10-28(11-3-1)30-12-8-13-31(26-30)45(32-22-24-35-34-14-4-6-18-39(34)47-42(35)27-32)38-17-9-16-36-33(38)23-20-29-21-25-41-44(43(29)36)37-15-5-7-19-40(37)46-41;1-2-10-28(11-3-1)30-12-8-13-31(26-30)45(32-22-25-41-37(27-32)34-14-4-6-18-39(34)46-41)38-17-9-16-35-33(38)23-20-29-21-24-42-44(43(29)35)36-15-5-7-19-40(36)47-42;1-2-10-28(11-3-1)30-12-8-13-31(26-30)45(32-22-25-42-37(27-32)34-14-5-7-19-41(34)47-42)38-17-9-16-35-33(38)23-20-29-21-24-40-44(43(29)35)36-15-4-6-18-39(36)46-40/h3*1-27H. The molecule has 8 nitrogen and oxygen atoms in total. The Labute approximate surface area is 812 Å². The van der Waals surface area contributed by atoms with Gasteiger partial charge in [0.1, 0.15) is 55.8 Å². The highest BCUT2D eigenvalue weighted by Crippen LogP contribution is 2.52. The van der Waals surface area contributed by atoms with Crippen molar-refractivity contribution in [2.24, 2.45) is 0 Å². The second-order valence-corrected chi connectivity index (χ2v) is 37.4. The Morgan fingerprint density at radius 2 is 0.404 bits per heavy atom. The fourth-order valence-electron chi connectivity index (χ4n) is 21.9. The SMILES string of the molecule is c1ccc(-c2cccc(N(c3ccc4c(c3)oc3ccccc34)c3cccc4c3ccc3ccc5oc6ccccc6c5c34)c2)cc1.c1ccc(-c2cccc(N(c3ccc4oc5ccccc5c4c3)c3cccc4c3ccc3ccc5oc6ccccc6c5c34)c2)cc1.c1ccc(-c2cccc(N(c3ccc4sc5ccccc5c4c3)c3cccc4c3ccc3ccc5oc6ccccc6c5c34)c2)cc1. The minimum Gasteiger partial charge on any atom is -0.456 e. The molecule has 0 unspecified atom stereocenters. The van der Waals surface area contributed by atoms with Gasteiger partial charge in [0.15, 0.2) is 0 Å². The van der Waals surface area contributed by atoms with E-state index in [9.17, 15) is 0 Å². The van der Waals surface area contributed by atoms with Crippen molar-refractivity contribution in [1.82, 2.24) is 0 Å². The van der Waals surface area contributed by atoms with E-state index in [0.717, 1.165) is 166 Å². The summed E-state index contributed by atoms with van der Waals surface area (Å²) < 4.78 is 34.2. The molecule has 0 aliphatic heterocycles. The van der Waals surface area contributed by atoms with Gasteiger partial charge in [-0.25, -0.2) is 0 Å². The molecule has 0 bridgehead atoms. The van der Waals surface area contributed by atoms with Crippen LogP contribution in [0.25, 0.3) is 228 Å². The molecule has 0 atom stereocenters.